The van der Waals surface area contributed by atoms with Crippen LogP contribution < -0.4 is 14.8 Å². The lowest BCUT2D eigenvalue weighted by molar-refractivity contribution is -0.116. The van der Waals surface area contributed by atoms with Gasteiger partial charge in [-0.25, -0.2) is 4.98 Å². The maximum Gasteiger partial charge on any atom is 0.224 e. The van der Waals surface area contributed by atoms with Crippen LogP contribution in [-0.2, 0) is 11.2 Å². The minimum atomic E-state index is -0.0446. The van der Waals surface area contributed by atoms with Crippen molar-refractivity contribution >= 4 is 22.9 Å². The van der Waals surface area contributed by atoms with Crippen molar-refractivity contribution in [2.24, 2.45) is 0 Å². The van der Waals surface area contributed by atoms with E-state index >= 15 is 0 Å². The standard InChI is InChI=1S/C20H20N2O3S/c1-24-17-8-9-18(25-2)15(13-17)5-10-19(23)22-16-6-3-14(4-7-16)20-21-11-12-26-20/h3-4,6-9,11-13H,5,10H2,1-2H3,(H,22,23). The Bertz CT molecular complexity index is 861. The van der Waals surface area contributed by atoms with Crippen LogP contribution in [0.2, 0.25) is 0 Å². The zero-order valence-electron chi connectivity index (χ0n) is 14.7. The molecule has 0 aliphatic heterocycles. The molecule has 0 saturated carbocycles. The van der Waals surface area contributed by atoms with Crippen LogP contribution in [0.3, 0.4) is 0 Å². The first kappa shape index (κ1) is 17.9. The van der Waals surface area contributed by atoms with E-state index < -0.39 is 0 Å². The Morgan fingerprint density at radius 3 is 2.58 bits per heavy atom. The van der Waals surface area contributed by atoms with Crippen molar-refractivity contribution in [2.75, 3.05) is 19.5 Å². The molecule has 1 N–H and O–H groups in total. The van der Waals surface area contributed by atoms with Gasteiger partial charge in [0.25, 0.3) is 0 Å². The lowest BCUT2D eigenvalue weighted by atomic mass is 10.1. The van der Waals surface area contributed by atoms with E-state index in [0.717, 1.165) is 33.3 Å². The van der Waals surface area contributed by atoms with Gasteiger partial charge >= 0.3 is 0 Å². The monoisotopic (exact) mass is 368 g/mol. The molecule has 0 radical (unpaired) electrons. The van der Waals surface area contributed by atoms with Gasteiger partial charge in [-0.2, -0.15) is 0 Å². The zero-order valence-corrected chi connectivity index (χ0v) is 15.5. The highest BCUT2D eigenvalue weighted by Crippen LogP contribution is 2.26. The van der Waals surface area contributed by atoms with Gasteiger partial charge in [0.1, 0.15) is 16.5 Å². The van der Waals surface area contributed by atoms with Gasteiger partial charge in [-0.1, -0.05) is 0 Å². The molecule has 0 saturated heterocycles. The van der Waals surface area contributed by atoms with E-state index in [0.29, 0.717) is 12.8 Å². The molecule has 5 nitrogen and oxygen atoms in total. The Morgan fingerprint density at radius 1 is 1.12 bits per heavy atom. The highest BCUT2D eigenvalue weighted by molar-refractivity contribution is 7.13. The van der Waals surface area contributed by atoms with Crippen molar-refractivity contribution in [3.63, 3.8) is 0 Å². The number of anilines is 1. The second-order valence-corrected chi connectivity index (χ2v) is 6.54. The average molecular weight is 368 g/mol. The maximum atomic E-state index is 12.3. The predicted octanol–water partition coefficient (Wildman–Crippen LogP) is 4.40. The van der Waals surface area contributed by atoms with E-state index in [1.165, 1.54) is 0 Å². The van der Waals surface area contributed by atoms with Gasteiger partial charge in [0, 0.05) is 29.2 Å². The van der Waals surface area contributed by atoms with Crippen molar-refractivity contribution < 1.29 is 14.3 Å². The number of amides is 1. The Labute approximate surface area is 156 Å². The van der Waals surface area contributed by atoms with Gasteiger partial charge in [-0.3, -0.25) is 4.79 Å². The van der Waals surface area contributed by atoms with Crippen LogP contribution >= 0.6 is 11.3 Å². The molecule has 0 bridgehead atoms. The van der Waals surface area contributed by atoms with Crippen molar-refractivity contribution in [1.29, 1.82) is 0 Å². The number of rotatable bonds is 7. The molecule has 0 aliphatic rings. The number of aromatic nitrogens is 1. The van der Waals surface area contributed by atoms with Crippen LogP contribution in [0.1, 0.15) is 12.0 Å². The van der Waals surface area contributed by atoms with Gasteiger partial charge < -0.3 is 14.8 Å². The second-order valence-electron chi connectivity index (χ2n) is 5.64. The van der Waals surface area contributed by atoms with E-state index in [2.05, 4.69) is 10.3 Å². The molecule has 6 heteroatoms. The average Bonchev–Trinajstić information content (AvgIpc) is 3.21. The number of hydrogen-bond acceptors (Lipinski definition) is 5. The summed E-state index contributed by atoms with van der Waals surface area (Å²) in [5.41, 5.74) is 2.76. The Balaban J connectivity index is 1.59. The minimum Gasteiger partial charge on any atom is -0.497 e. The van der Waals surface area contributed by atoms with Crippen LogP contribution in [-0.4, -0.2) is 25.1 Å². The molecule has 1 amide bonds. The highest BCUT2D eigenvalue weighted by Gasteiger charge is 2.09. The molecule has 0 unspecified atom stereocenters. The Morgan fingerprint density at radius 2 is 1.92 bits per heavy atom. The number of nitrogens with zero attached hydrogens (tertiary/aromatic N) is 1. The quantitative estimate of drug-likeness (QED) is 0.671. The summed E-state index contributed by atoms with van der Waals surface area (Å²) >= 11 is 1.59. The van der Waals surface area contributed by atoms with Gasteiger partial charge in [0.2, 0.25) is 5.91 Å². The smallest absolute Gasteiger partial charge is 0.224 e. The molecule has 0 aliphatic carbocycles. The molecule has 2 aromatic carbocycles. The number of carbonyl (C=O) groups is 1. The Kier molecular flexibility index (Phi) is 5.86. The summed E-state index contributed by atoms with van der Waals surface area (Å²) in [5.74, 6) is 1.46. The van der Waals surface area contributed by atoms with Crippen molar-refractivity contribution in [2.45, 2.75) is 12.8 Å². The van der Waals surface area contributed by atoms with E-state index in [-0.39, 0.29) is 5.91 Å². The number of aryl methyl sites for hydroxylation is 1. The summed E-state index contributed by atoms with van der Waals surface area (Å²) in [6, 6.07) is 13.3. The van der Waals surface area contributed by atoms with Crippen LogP contribution in [0.25, 0.3) is 10.6 Å². The van der Waals surface area contributed by atoms with E-state index in [1.807, 2.05) is 47.8 Å². The van der Waals surface area contributed by atoms with Gasteiger partial charge in [-0.15, -0.1) is 11.3 Å². The Hall–Kier alpha value is -2.86. The zero-order chi connectivity index (χ0) is 18.4. The third-order valence-corrected chi connectivity index (χ3v) is 4.78. The molecule has 26 heavy (non-hydrogen) atoms. The molecule has 134 valence electrons. The fourth-order valence-electron chi connectivity index (χ4n) is 2.61. The molecule has 3 aromatic rings. The molecular formula is C20H20N2O3S. The van der Waals surface area contributed by atoms with Gasteiger partial charge in [0.15, 0.2) is 0 Å². The SMILES string of the molecule is COc1ccc(OC)c(CCC(=O)Nc2ccc(-c3nccs3)cc2)c1. The summed E-state index contributed by atoms with van der Waals surface area (Å²) in [6.45, 7) is 0. The number of carbonyl (C=O) groups excluding carboxylic acids is 1. The van der Waals surface area contributed by atoms with Crippen LogP contribution in [0.15, 0.2) is 54.0 Å². The summed E-state index contributed by atoms with van der Waals surface area (Å²) in [4.78, 5) is 16.5. The molecule has 0 fully saturated rings. The van der Waals surface area contributed by atoms with Crippen LogP contribution in [0.5, 0.6) is 11.5 Å². The number of benzene rings is 2. The molecular weight excluding hydrogens is 348 g/mol. The second kappa shape index (κ2) is 8.49. The number of thiazole rings is 1. The molecule has 0 spiro atoms. The largest absolute Gasteiger partial charge is 0.497 e. The van der Waals surface area contributed by atoms with Crippen LogP contribution in [0, 0.1) is 0 Å². The minimum absolute atomic E-state index is 0.0446. The fourth-order valence-corrected chi connectivity index (χ4v) is 3.26. The van der Waals surface area contributed by atoms with E-state index in [1.54, 1.807) is 31.8 Å². The van der Waals surface area contributed by atoms with Crippen molar-refractivity contribution in [3.05, 3.63) is 59.6 Å². The third-order valence-electron chi connectivity index (χ3n) is 3.96. The first-order valence-electron chi connectivity index (χ1n) is 8.20. The molecule has 3 rings (SSSR count). The summed E-state index contributed by atoms with van der Waals surface area (Å²) in [5, 5.41) is 5.83. The molecule has 0 atom stereocenters. The summed E-state index contributed by atoms with van der Waals surface area (Å²) in [7, 11) is 3.24. The van der Waals surface area contributed by atoms with E-state index in [4.69, 9.17) is 9.47 Å². The predicted molar refractivity (Wildman–Crippen MR) is 104 cm³/mol. The van der Waals surface area contributed by atoms with Gasteiger partial charge in [0.05, 0.1) is 14.2 Å². The van der Waals surface area contributed by atoms with Crippen molar-refractivity contribution in [1.82, 2.24) is 4.98 Å². The first-order chi connectivity index (χ1) is 12.7. The van der Waals surface area contributed by atoms with E-state index in [9.17, 15) is 4.79 Å². The highest BCUT2D eigenvalue weighted by atomic mass is 32.1. The number of hydrogen-bond donors (Lipinski definition) is 1. The summed E-state index contributed by atoms with van der Waals surface area (Å²) in [6.07, 6.45) is 2.71. The molecule has 1 heterocycles. The lowest BCUT2D eigenvalue weighted by Gasteiger charge is -2.11. The fraction of sp³-hybridized carbons (Fsp3) is 0.200. The summed E-state index contributed by atoms with van der Waals surface area (Å²) < 4.78 is 10.6. The number of methoxy groups -OCH3 is 2. The molecule has 1 aromatic heterocycles. The lowest BCUT2D eigenvalue weighted by Crippen LogP contribution is -2.12. The van der Waals surface area contributed by atoms with Gasteiger partial charge in [-0.05, 0) is 54.4 Å². The first-order valence-corrected chi connectivity index (χ1v) is 9.08. The van der Waals surface area contributed by atoms with Crippen molar-refractivity contribution in [3.8, 4) is 22.1 Å². The number of ether oxygens (including phenoxy) is 2. The normalized spacial score (nSPS) is 10.4. The maximum absolute atomic E-state index is 12.3. The third kappa shape index (κ3) is 4.40. The van der Waals surface area contributed by atoms with Crippen LogP contribution in [0.4, 0.5) is 5.69 Å². The topological polar surface area (TPSA) is 60.5 Å². The number of nitrogens with one attached hydrogen (secondary N) is 1.